The van der Waals surface area contributed by atoms with Gasteiger partial charge < -0.3 is 15.4 Å². The second-order valence-corrected chi connectivity index (χ2v) is 4.16. The van der Waals surface area contributed by atoms with Gasteiger partial charge in [0.15, 0.2) is 0 Å². The van der Waals surface area contributed by atoms with Gasteiger partial charge in [-0.25, -0.2) is 0 Å². The maximum absolute atomic E-state index is 12.2. The fourth-order valence-corrected chi connectivity index (χ4v) is 1.84. The number of ether oxygens (including phenoxy) is 1. The van der Waals surface area contributed by atoms with Crippen molar-refractivity contribution in [3.63, 3.8) is 0 Å². The lowest BCUT2D eigenvalue weighted by atomic mass is 10.1. The number of rotatable bonds is 7. The first-order valence-corrected chi connectivity index (χ1v) is 6.31. The number of anilines is 1. The number of methoxy groups -OCH3 is 1. The Morgan fingerprint density at radius 3 is 2.61 bits per heavy atom. The monoisotopic (exact) mass is 250 g/mol. The summed E-state index contributed by atoms with van der Waals surface area (Å²) in [6.45, 7) is 3.21. The van der Waals surface area contributed by atoms with E-state index in [1.165, 1.54) is 0 Å². The lowest BCUT2D eigenvalue weighted by Crippen LogP contribution is -2.44. The average molecular weight is 250 g/mol. The van der Waals surface area contributed by atoms with Crippen molar-refractivity contribution in [3.8, 4) is 0 Å². The van der Waals surface area contributed by atoms with Gasteiger partial charge in [-0.2, -0.15) is 0 Å². The zero-order valence-electron chi connectivity index (χ0n) is 11.1. The van der Waals surface area contributed by atoms with Crippen molar-refractivity contribution in [2.75, 3.05) is 25.2 Å². The predicted molar refractivity (Wildman–Crippen MR) is 73.6 cm³/mol. The van der Waals surface area contributed by atoms with Crippen LogP contribution in [0, 0.1) is 0 Å². The number of hydrogen-bond donors (Lipinski definition) is 1. The zero-order chi connectivity index (χ0) is 13.4. The van der Waals surface area contributed by atoms with Crippen LogP contribution in [0.3, 0.4) is 0 Å². The van der Waals surface area contributed by atoms with E-state index in [1.54, 1.807) is 12.0 Å². The van der Waals surface area contributed by atoms with Gasteiger partial charge in [0.1, 0.15) is 0 Å². The van der Waals surface area contributed by atoms with Crippen LogP contribution in [0.2, 0.25) is 0 Å². The van der Waals surface area contributed by atoms with Crippen LogP contribution in [-0.2, 0) is 9.53 Å². The molecule has 0 fully saturated rings. The Morgan fingerprint density at radius 1 is 1.39 bits per heavy atom. The van der Waals surface area contributed by atoms with Gasteiger partial charge >= 0.3 is 0 Å². The van der Waals surface area contributed by atoms with Crippen molar-refractivity contribution in [2.24, 2.45) is 5.73 Å². The van der Waals surface area contributed by atoms with E-state index < -0.39 is 6.04 Å². The van der Waals surface area contributed by atoms with Crippen molar-refractivity contribution >= 4 is 11.6 Å². The van der Waals surface area contributed by atoms with Gasteiger partial charge in [0, 0.05) is 25.9 Å². The first kappa shape index (κ1) is 14.7. The van der Waals surface area contributed by atoms with Crippen LogP contribution < -0.4 is 10.6 Å². The van der Waals surface area contributed by atoms with E-state index >= 15 is 0 Å². The number of benzene rings is 1. The number of amides is 1. The predicted octanol–water partition coefficient (Wildman–Crippen LogP) is 1.79. The summed E-state index contributed by atoms with van der Waals surface area (Å²) in [5.41, 5.74) is 6.82. The fraction of sp³-hybridized carbons (Fsp3) is 0.500. The normalized spacial score (nSPS) is 12.2. The van der Waals surface area contributed by atoms with Crippen molar-refractivity contribution in [3.05, 3.63) is 30.3 Å². The number of para-hydroxylation sites is 1. The highest BCUT2D eigenvalue weighted by Crippen LogP contribution is 2.14. The Bertz CT molecular complexity index is 354. The van der Waals surface area contributed by atoms with Gasteiger partial charge in [-0.3, -0.25) is 4.79 Å². The summed E-state index contributed by atoms with van der Waals surface area (Å²) in [6, 6.07) is 9.15. The van der Waals surface area contributed by atoms with E-state index in [0.29, 0.717) is 19.6 Å². The molecule has 100 valence electrons. The largest absolute Gasteiger partial charge is 0.385 e. The van der Waals surface area contributed by atoms with Gasteiger partial charge in [-0.15, -0.1) is 0 Å². The molecule has 18 heavy (non-hydrogen) atoms. The standard InChI is InChI=1S/C14H22N2O2/c1-3-16(12-8-5-4-6-9-12)14(17)13(15)10-7-11-18-2/h4-6,8-9,13H,3,7,10-11,15H2,1-2H3. The summed E-state index contributed by atoms with van der Waals surface area (Å²) < 4.78 is 4.96. The molecule has 2 N–H and O–H groups in total. The highest BCUT2D eigenvalue weighted by Gasteiger charge is 2.20. The van der Waals surface area contributed by atoms with Gasteiger partial charge in [-0.1, -0.05) is 18.2 Å². The molecule has 4 nitrogen and oxygen atoms in total. The first-order chi connectivity index (χ1) is 8.70. The summed E-state index contributed by atoms with van der Waals surface area (Å²) in [5.74, 6) is -0.0280. The molecule has 0 bridgehead atoms. The summed E-state index contributed by atoms with van der Waals surface area (Å²) in [4.78, 5) is 13.9. The lowest BCUT2D eigenvalue weighted by molar-refractivity contribution is -0.120. The molecule has 0 aliphatic heterocycles. The molecule has 1 aromatic rings. The Labute approximate surface area is 109 Å². The van der Waals surface area contributed by atoms with Crippen LogP contribution in [-0.4, -0.2) is 32.2 Å². The minimum absolute atomic E-state index is 0.0280. The van der Waals surface area contributed by atoms with E-state index in [1.807, 2.05) is 37.3 Å². The van der Waals surface area contributed by atoms with Crippen LogP contribution in [0.15, 0.2) is 30.3 Å². The highest BCUT2D eigenvalue weighted by molar-refractivity contribution is 5.96. The minimum atomic E-state index is -0.458. The molecule has 1 aromatic carbocycles. The fourth-order valence-electron chi connectivity index (χ4n) is 1.84. The number of carbonyl (C=O) groups is 1. The maximum atomic E-state index is 12.2. The number of likely N-dealkylation sites (N-methyl/N-ethyl adjacent to an activating group) is 1. The molecule has 0 radical (unpaired) electrons. The van der Waals surface area contributed by atoms with Gasteiger partial charge in [0.2, 0.25) is 5.91 Å². The van der Waals surface area contributed by atoms with Gasteiger partial charge in [0.25, 0.3) is 0 Å². The quantitative estimate of drug-likeness (QED) is 0.751. The molecular weight excluding hydrogens is 228 g/mol. The number of carbonyl (C=O) groups excluding carboxylic acids is 1. The second kappa shape index (κ2) is 7.84. The van der Waals surface area contributed by atoms with Crippen LogP contribution in [0.5, 0.6) is 0 Å². The van der Waals surface area contributed by atoms with Crippen molar-refractivity contribution in [1.29, 1.82) is 0 Å². The third kappa shape index (κ3) is 4.13. The Kier molecular flexibility index (Phi) is 6.39. The number of nitrogens with zero attached hydrogens (tertiary/aromatic N) is 1. The molecule has 1 amide bonds. The summed E-state index contributed by atoms with van der Waals surface area (Å²) in [6.07, 6.45) is 1.45. The molecule has 0 saturated carbocycles. The molecule has 1 rings (SSSR count). The topological polar surface area (TPSA) is 55.6 Å². The Hall–Kier alpha value is -1.39. The van der Waals surface area contributed by atoms with Crippen molar-refractivity contribution in [1.82, 2.24) is 0 Å². The molecular formula is C14H22N2O2. The third-order valence-corrected chi connectivity index (χ3v) is 2.83. The first-order valence-electron chi connectivity index (χ1n) is 6.31. The third-order valence-electron chi connectivity index (χ3n) is 2.83. The molecule has 0 aliphatic carbocycles. The zero-order valence-corrected chi connectivity index (χ0v) is 11.1. The van der Waals surface area contributed by atoms with Crippen LogP contribution in [0.1, 0.15) is 19.8 Å². The van der Waals surface area contributed by atoms with Crippen LogP contribution >= 0.6 is 0 Å². The number of hydrogen-bond acceptors (Lipinski definition) is 3. The second-order valence-electron chi connectivity index (χ2n) is 4.16. The summed E-state index contributed by atoms with van der Waals surface area (Å²) in [5, 5.41) is 0. The van der Waals surface area contributed by atoms with Gasteiger partial charge in [-0.05, 0) is 31.9 Å². The van der Waals surface area contributed by atoms with E-state index in [2.05, 4.69) is 0 Å². The minimum Gasteiger partial charge on any atom is -0.385 e. The van der Waals surface area contributed by atoms with Crippen molar-refractivity contribution in [2.45, 2.75) is 25.8 Å². The van der Waals surface area contributed by atoms with Crippen LogP contribution in [0.25, 0.3) is 0 Å². The molecule has 1 atom stereocenters. The molecule has 0 aromatic heterocycles. The van der Waals surface area contributed by atoms with Gasteiger partial charge in [0.05, 0.1) is 6.04 Å². The summed E-state index contributed by atoms with van der Waals surface area (Å²) >= 11 is 0. The SMILES string of the molecule is CCN(C(=O)C(N)CCCOC)c1ccccc1. The van der Waals surface area contributed by atoms with E-state index in [0.717, 1.165) is 12.1 Å². The van der Waals surface area contributed by atoms with E-state index in [9.17, 15) is 4.79 Å². The molecule has 1 unspecified atom stereocenters. The molecule has 0 saturated heterocycles. The van der Waals surface area contributed by atoms with E-state index in [4.69, 9.17) is 10.5 Å². The smallest absolute Gasteiger partial charge is 0.243 e. The maximum Gasteiger partial charge on any atom is 0.243 e. The van der Waals surface area contributed by atoms with Crippen molar-refractivity contribution < 1.29 is 9.53 Å². The highest BCUT2D eigenvalue weighted by atomic mass is 16.5. The molecule has 0 heterocycles. The van der Waals surface area contributed by atoms with E-state index in [-0.39, 0.29) is 5.91 Å². The molecule has 4 heteroatoms. The Morgan fingerprint density at radius 2 is 2.06 bits per heavy atom. The number of nitrogens with two attached hydrogens (primary N) is 1. The Balaban J connectivity index is 2.62. The molecule has 0 spiro atoms. The average Bonchev–Trinajstić information content (AvgIpc) is 2.41. The summed E-state index contributed by atoms with van der Waals surface area (Å²) in [7, 11) is 1.65. The molecule has 0 aliphatic rings. The van der Waals surface area contributed by atoms with Crippen LogP contribution in [0.4, 0.5) is 5.69 Å². The lowest BCUT2D eigenvalue weighted by Gasteiger charge is -2.24.